The molecule has 0 aliphatic heterocycles. The van der Waals surface area contributed by atoms with Crippen LogP contribution in [-0.2, 0) is 10.2 Å². The topological polar surface area (TPSA) is 70.2 Å². The molecule has 134 valence electrons. The van der Waals surface area contributed by atoms with Crippen molar-refractivity contribution in [1.82, 2.24) is 5.32 Å². The number of benzene rings is 2. The summed E-state index contributed by atoms with van der Waals surface area (Å²) in [5.74, 6) is -0.0238. The van der Waals surface area contributed by atoms with Gasteiger partial charge in [0.15, 0.2) is 0 Å². The van der Waals surface area contributed by atoms with Gasteiger partial charge < -0.3 is 16.0 Å². The molecular formula is C20H20ClN3O2. The highest BCUT2D eigenvalue weighted by Gasteiger charge is 2.51. The molecule has 2 aromatic carbocycles. The van der Waals surface area contributed by atoms with Gasteiger partial charge in [-0.2, -0.15) is 0 Å². The summed E-state index contributed by atoms with van der Waals surface area (Å²) >= 11 is 5.93. The Morgan fingerprint density at radius 3 is 2.12 bits per heavy atom. The summed E-state index contributed by atoms with van der Waals surface area (Å²) in [5.41, 5.74) is 1.85. The van der Waals surface area contributed by atoms with Gasteiger partial charge >= 0.3 is 6.03 Å². The van der Waals surface area contributed by atoms with Crippen molar-refractivity contribution in [3.63, 3.8) is 0 Å². The molecular weight excluding hydrogens is 350 g/mol. The highest BCUT2D eigenvalue weighted by molar-refractivity contribution is 6.30. The number of urea groups is 1. The van der Waals surface area contributed by atoms with Crippen LogP contribution in [-0.4, -0.2) is 18.5 Å². The zero-order valence-electron chi connectivity index (χ0n) is 14.2. The summed E-state index contributed by atoms with van der Waals surface area (Å²) in [6.07, 6.45) is 3.25. The first kappa shape index (κ1) is 18.0. The van der Waals surface area contributed by atoms with Gasteiger partial charge in [-0.3, -0.25) is 4.79 Å². The molecule has 1 saturated carbocycles. The fourth-order valence-electron chi connectivity index (χ4n) is 2.77. The number of halogens is 1. The molecule has 3 amide bonds. The van der Waals surface area contributed by atoms with E-state index in [2.05, 4.69) is 22.5 Å². The summed E-state index contributed by atoms with van der Waals surface area (Å²) < 4.78 is 0. The average molecular weight is 370 g/mol. The highest BCUT2D eigenvalue weighted by Crippen LogP contribution is 2.49. The molecule has 0 heterocycles. The van der Waals surface area contributed by atoms with Gasteiger partial charge in [-0.25, -0.2) is 4.79 Å². The summed E-state index contributed by atoms with van der Waals surface area (Å²) in [6.45, 7) is 3.94. The van der Waals surface area contributed by atoms with Crippen LogP contribution in [0.15, 0.2) is 61.2 Å². The number of nitrogens with one attached hydrogen (secondary N) is 3. The second-order valence-electron chi connectivity index (χ2n) is 6.24. The summed E-state index contributed by atoms with van der Waals surface area (Å²) in [6, 6.07) is 14.1. The van der Waals surface area contributed by atoms with Crippen molar-refractivity contribution in [2.24, 2.45) is 0 Å². The molecule has 5 nitrogen and oxygen atoms in total. The van der Waals surface area contributed by atoms with Crippen LogP contribution < -0.4 is 16.0 Å². The molecule has 0 unspecified atom stereocenters. The van der Waals surface area contributed by atoms with Crippen LogP contribution in [0.1, 0.15) is 18.4 Å². The van der Waals surface area contributed by atoms with Crippen LogP contribution in [0.25, 0.3) is 0 Å². The van der Waals surface area contributed by atoms with Crippen LogP contribution in [0.3, 0.4) is 0 Å². The molecule has 0 radical (unpaired) electrons. The molecule has 0 bridgehead atoms. The van der Waals surface area contributed by atoms with Crippen LogP contribution in [0, 0.1) is 0 Å². The average Bonchev–Trinajstić information content (AvgIpc) is 3.44. The van der Waals surface area contributed by atoms with E-state index in [9.17, 15) is 9.59 Å². The molecule has 3 rings (SSSR count). The summed E-state index contributed by atoms with van der Waals surface area (Å²) in [4.78, 5) is 24.3. The number of rotatable bonds is 6. The smallest absolute Gasteiger partial charge is 0.319 e. The molecule has 2 aromatic rings. The van der Waals surface area contributed by atoms with Crippen LogP contribution in [0.2, 0.25) is 5.02 Å². The second kappa shape index (κ2) is 7.62. The van der Waals surface area contributed by atoms with Crippen molar-refractivity contribution in [2.75, 3.05) is 17.2 Å². The maximum Gasteiger partial charge on any atom is 0.319 e. The minimum atomic E-state index is -0.466. The van der Waals surface area contributed by atoms with Crippen molar-refractivity contribution in [3.05, 3.63) is 71.8 Å². The number of hydrogen-bond acceptors (Lipinski definition) is 2. The summed E-state index contributed by atoms with van der Waals surface area (Å²) in [7, 11) is 0. The number of anilines is 2. The van der Waals surface area contributed by atoms with Gasteiger partial charge in [0, 0.05) is 22.9 Å². The fraction of sp³-hybridized carbons (Fsp3) is 0.200. The molecule has 0 spiro atoms. The molecule has 1 aliphatic rings. The van der Waals surface area contributed by atoms with Crippen molar-refractivity contribution < 1.29 is 9.59 Å². The Hall–Kier alpha value is -2.79. The van der Waals surface area contributed by atoms with Crippen molar-refractivity contribution >= 4 is 34.9 Å². The van der Waals surface area contributed by atoms with E-state index in [-0.39, 0.29) is 11.9 Å². The van der Waals surface area contributed by atoms with E-state index in [1.54, 1.807) is 30.3 Å². The first-order valence-electron chi connectivity index (χ1n) is 8.37. The normalized spacial score (nSPS) is 14.2. The van der Waals surface area contributed by atoms with E-state index in [1.165, 1.54) is 0 Å². The van der Waals surface area contributed by atoms with Crippen LogP contribution in [0.4, 0.5) is 16.2 Å². The number of carbonyl (C=O) groups is 2. The quantitative estimate of drug-likeness (QED) is 0.664. The SMILES string of the molecule is C=CCNC(=O)Nc1ccc(NC(=O)C2(c3ccc(Cl)cc3)CC2)cc1. The van der Waals surface area contributed by atoms with Crippen molar-refractivity contribution in [1.29, 1.82) is 0 Å². The standard InChI is InChI=1S/C20H20ClN3O2/c1-2-13-22-19(26)24-17-9-7-16(8-10-17)23-18(25)20(11-12-20)14-3-5-15(21)6-4-14/h2-10H,1,11-13H2,(H,23,25)(H2,22,24,26). The predicted molar refractivity (Wildman–Crippen MR) is 105 cm³/mol. The Morgan fingerprint density at radius 1 is 1.00 bits per heavy atom. The Morgan fingerprint density at radius 2 is 1.58 bits per heavy atom. The van der Waals surface area contributed by atoms with Gasteiger partial charge in [-0.05, 0) is 54.8 Å². The molecule has 0 atom stereocenters. The van der Waals surface area contributed by atoms with Crippen molar-refractivity contribution in [2.45, 2.75) is 18.3 Å². The van der Waals surface area contributed by atoms with Crippen LogP contribution in [0.5, 0.6) is 0 Å². The van der Waals surface area contributed by atoms with E-state index < -0.39 is 5.41 Å². The van der Waals surface area contributed by atoms with E-state index in [0.29, 0.717) is 22.9 Å². The third-order valence-electron chi connectivity index (χ3n) is 4.39. The first-order valence-corrected chi connectivity index (χ1v) is 8.75. The molecule has 1 fully saturated rings. The number of amides is 3. The molecule has 6 heteroatoms. The van der Waals surface area contributed by atoms with E-state index in [0.717, 1.165) is 18.4 Å². The lowest BCUT2D eigenvalue weighted by Gasteiger charge is -2.16. The lowest BCUT2D eigenvalue weighted by molar-refractivity contribution is -0.118. The zero-order chi connectivity index (χ0) is 18.6. The zero-order valence-corrected chi connectivity index (χ0v) is 15.0. The molecule has 26 heavy (non-hydrogen) atoms. The van der Waals surface area contributed by atoms with Crippen LogP contribution >= 0.6 is 11.6 Å². The fourth-order valence-corrected chi connectivity index (χ4v) is 2.89. The van der Waals surface area contributed by atoms with Crippen molar-refractivity contribution in [3.8, 4) is 0 Å². The van der Waals surface area contributed by atoms with E-state index in [4.69, 9.17) is 11.6 Å². The van der Waals surface area contributed by atoms with Gasteiger partial charge in [0.25, 0.3) is 0 Å². The molecule has 3 N–H and O–H groups in total. The Balaban J connectivity index is 1.62. The number of carbonyl (C=O) groups excluding carboxylic acids is 2. The predicted octanol–water partition coefficient (Wildman–Crippen LogP) is 4.32. The van der Waals surface area contributed by atoms with Gasteiger partial charge in [0.1, 0.15) is 0 Å². The molecule has 1 aliphatic carbocycles. The third kappa shape index (κ3) is 4.06. The highest BCUT2D eigenvalue weighted by atomic mass is 35.5. The van der Waals surface area contributed by atoms with Gasteiger partial charge in [-0.1, -0.05) is 29.8 Å². The second-order valence-corrected chi connectivity index (χ2v) is 6.68. The lowest BCUT2D eigenvalue weighted by atomic mass is 9.95. The summed E-state index contributed by atoms with van der Waals surface area (Å²) in [5, 5.41) is 8.96. The maximum atomic E-state index is 12.7. The monoisotopic (exact) mass is 369 g/mol. The Kier molecular flexibility index (Phi) is 5.28. The minimum absolute atomic E-state index is 0.0238. The Labute approximate surface area is 157 Å². The van der Waals surface area contributed by atoms with Gasteiger partial charge in [-0.15, -0.1) is 6.58 Å². The molecule has 0 saturated heterocycles. The lowest BCUT2D eigenvalue weighted by Crippen LogP contribution is -2.28. The van der Waals surface area contributed by atoms with Gasteiger partial charge in [0.2, 0.25) is 5.91 Å². The van der Waals surface area contributed by atoms with Gasteiger partial charge in [0.05, 0.1) is 5.41 Å². The maximum absolute atomic E-state index is 12.7. The minimum Gasteiger partial charge on any atom is -0.334 e. The largest absolute Gasteiger partial charge is 0.334 e. The molecule has 0 aromatic heterocycles. The third-order valence-corrected chi connectivity index (χ3v) is 4.64. The van der Waals surface area contributed by atoms with E-state index >= 15 is 0 Å². The first-order chi connectivity index (χ1) is 12.5. The number of hydrogen-bond donors (Lipinski definition) is 3. The Bertz CT molecular complexity index is 812. The van der Waals surface area contributed by atoms with E-state index in [1.807, 2.05) is 24.3 Å².